The van der Waals surface area contributed by atoms with Crippen molar-refractivity contribution in [1.82, 2.24) is 4.90 Å². The molecule has 1 aromatic carbocycles. The van der Waals surface area contributed by atoms with Crippen LogP contribution in [-0.2, 0) is 6.42 Å². The lowest BCUT2D eigenvalue weighted by molar-refractivity contribution is 0.298. The molecule has 2 aromatic rings. The van der Waals surface area contributed by atoms with E-state index in [1.165, 1.54) is 15.6 Å². The van der Waals surface area contributed by atoms with Gasteiger partial charge in [0, 0.05) is 17.3 Å². The third-order valence-corrected chi connectivity index (χ3v) is 4.03. The van der Waals surface area contributed by atoms with Crippen LogP contribution >= 0.6 is 11.3 Å². The normalized spacial score (nSPS) is 13.5. The second-order valence-electron chi connectivity index (χ2n) is 4.31. The largest absolute Gasteiger partial charge is 0.329 e. The van der Waals surface area contributed by atoms with E-state index in [2.05, 4.69) is 48.6 Å². The van der Waals surface area contributed by atoms with Crippen LogP contribution in [0.4, 0.5) is 0 Å². The summed E-state index contributed by atoms with van der Waals surface area (Å²) in [6.45, 7) is 0.706. The average Bonchev–Trinajstić information content (AvgIpc) is 2.69. The minimum atomic E-state index is 0.429. The first-order valence-electron chi connectivity index (χ1n) is 5.54. The van der Waals surface area contributed by atoms with Crippen molar-refractivity contribution in [2.24, 2.45) is 5.73 Å². The lowest BCUT2D eigenvalue weighted by atomic mass is 10.0. The Hall–Kier alpha value is -0.900. The molecule has 2 N–H and O–H groups in total. The number of benzene rings is 1. The van der Waals surface area contributed by atoms with Gasteiger partial charge >= 0.3 is 0 Å². The maximum Gasteiger partial charge on any atom is 0.0345 e. The van der Waals surface area contributed by atoms with Crippen LogP contribution in [0.2, 0.25) is 0 Å². The summed E-state index contributed by atoms with van der Waals surface area (Å²) in [6, 6.07) is 9.00. The van der Waals surface area contributed by atoms with Gasteiger partial charge < -0.3 is 10.6 Å². The molecule has 0 bridgehead atoms. The quantitative estimate of drug-likeness (QED) is 0.880. The predicted octanol–water partition coefficient (Wildman–Crippen LogP) is 2.33. The van der Waals surface area contributed by atoms with Crippen LogP contribution in [0, 0.1) is 0 Å². The molecule has 86 valence electrons. The Labute approximate surface area is 101 Å². The van der Waals surface area contributed by atoms with Crippen LogP contribution in [-0.4, -0.2) is 31.6 Å². The van der Waals surface area contributed by atoms with Crippen LogP contribution in [0.25, 0.3) is 10.1 Å². The first kappa shape index (κ1) is 11.6. The van der Waals surface area contributed by atoms with E-state index in [1.807, 2.05) is 11.3 Å². The van der Waals surface area contributed by atoms with E-state index in [1.54, 1.807) is 0 Å². The monoisotopic (exact) mass is 234 g/mol. The smallest absolute Gasteiger partial charge is 0.0345 e. The highest BCUT2D eigenvalue weighted by molar-refractivity contribution is 7.17. The van der Waals surface area contributed by atoms with Crippen molar-refractivity contribution in [3.8, 4) is 0 Å². The maximum atomic E-state index is 5.80. The Morgan fingerprint density at radius 3 is 2.75 bits per heavy atom. The molecule has 0 unspecified atom stereocenters. The molecule has 2 nitrogen and oxygen atoms in total. The van der Waals surface area contributed by atoms with E-state index in [9.17, 15) is 0 Å². The number of hydrogen-bond acceptors (Lipinski definition) is 3. The molecule has 0 saturated heterocycles. The van der Waals surface area contributed by atoms with Gasteiger partial charge in [-0.2, -0.15) is 0 Å². The molecule has 1 aromatic heterocycles. The standard InChI is InChI=1S/C13H18N2S/c1-15(2)11(8-14)7-10-9-16-13-6-4-3-5-12(10)13/h3-6,9,11H,7-8,14H2,1-2H3/t11-/m0/s1. The van der Waals surface area contributed by atoms with Gasteiger partial charge in [0.25, 0.3) is 0 Å². The number of likely N-dealkylation sites (N-methyl/N-ethyl adjacent to an activating group) is 1. The van der Waals surface area contributed by atoms with Crippen LogP contribution in [0.5, 0.6) is 0 Å². The summed E-state index contributed by atoms with van der Waals surface area (Å²) < 4.78 is 1.37. The van der Waals surface area contributed by atoms with Gasteiger partial charge in [0.2, 0.25) is 0 Å². The lowest BCUT2D eigenvalue weighted by Crippen LogP contribution is -2.36. The van der Waals surface area contributed by atoms with Crippen molar-refractivity contribution < 1.29 is 0 Å². The molecule has 3 heteroatoms. The fraction of sp³-hybridized carbons (Fsp3) is 0.385. The number of nitrogens with zero attached hydrogens (tertiary/aromatic N) is 1. The minimum absolute atomic E-state index is 0.429. The molecule has 0 aliphatic carbocycles. The van der Waals surface area contributed by atoms with Gasteiger partial charge in [0.05, 0.1) is 0 Å². The molecule has 1 heterocycles. The van der Waals surface area contributed by atoms with Gasteiger partial charge in [-0.1, -0.05) is 18.2 Å². The molecular formula is C13H18N2S. The van der Waals surface area contributed by atoms with E-state index in [-0.39, 0.29) is 0 Å². The lowest BCUT2D eigenvalue weighted by Gasteiger charge is -2.22. The van der Waals surface area contributed by atoms with Gasteiger partial charge in [0.1, 0.15) is 0 Å². The van der Waals surface area contributed by atoms with Gasteiger partial charge in [-0.15, -0.1) is 11.3 Å². The summed E-state index contributed by atoms with van der Waals surface area (Å²) >= 11 is 1.82. The number of nitrogens with two attached hydrogens (primary N) is 1. The zero-order valence-electron chi connectivity index (χ0n) is 9.81. The van der Waals surface area contributed by atoms with Crippen molar-refractivity contribution >= 4 is 21.4 Å². The van der Waals surface area contributed by atoms with E-state index >= 15 is 0 Å². The molecule has 0 amide bonds. The van der Waals surface area contributed by atoms with E-state index in [0.717, 1.165) is 6.42 Å². The Morgan fingerprint density at radius 2 is 2.06 bits per heavy atom. The van der Waals surface area contributed by atoms with Crippen LogP contribution in [0.15, 0.2) is 29.6 Å². The molecule has 1 atom stereocenters. The van der Waals surface area contributed by atoms with E-state index < -0.39 is 0 Å². The average molecular weight is 234 g/mol. The summed E-state index contributed by atoms with van der Waals surface area (Å²) in [5, 5.41) is 3.64. The predicted molar refractivity (Wildman–Crippen MR) is 72.1 cm³/mol. The van der Waals surface area contributed by atoms with E-state index in [4.69, 9.17) is 5.73 Å². The summed E-state index contributed by atoms with van der Waals surface area (Å²) in [5.41, 5.74) is 7.22. The molecule has 16 heavy (non-hydrogen) atoms. The summed E-state index contributed by atoms with van der Waals surface area (Å²) in [4.78, 5) is 2.20. The molecule has 0 fully saturated rings. The van der Waals surface area contributed by atoms with Crippen molar-refractivity contribution in [2.75, 3.05) is 20.6 Å². The third-order valence-electron chi connectivity index (χ3n) is 3.02. The Morgan fingerprint density at radius 1 is 1.31 bits per heavy atom. The molecular weight excluding hydrogens is 216 g/mol. The number of thiophene rings is 1. The summed E-state index contributed by atoms with van der Waals surface area (Å²) in [6.07, 6.45) is 1.04. The van der Waals surface area contributed by atoms with Gasteiger partial charge in [-0.3, -0.25) is 0 Å². The second kappa shape index (κ2) is 4.95. The highest BCUT2D eigenvalue weighted by Gasteiger charge is 2.12. The van der Waals surface area contributed by atoms with Crippen molar-refractivity contribution in [1.29, 1.82) is 0 Å². The fourth-order valence-corrected chi connectivity index (χ4v) is 2.90. The third kappa shape index (κ3) is 2.26. The Balaban J connectivity index is 2.27. The second-order valence-corrected chi connectivity index (χ2v) is 5.23. The highest BCUT2D eigenvalue weighted by atomic mass is 32.1. The minimum Gasteiger partial charge on any atom is -0.329 e. The van der Waals surface area contributed by atoms with Crippen LogP contribution in [0.3, 0.4) is 0 Å². The molecule has 0 aliphatic rings. The number of fused-ring (bicyclic) bond motifs is 1. The molecule has 0 radical (unpaired) electrons. The van der Waals surface area contributed by atoms with Crippen LogP contribution < -0.4 is 5.73 Å². The molecule has 0 saturated carbocycles. The molecule has 0 spiro atoms. The van der Waals surface area contributed by atoms with Crippen LogP contribution in [0.1, 0.15) is 5.56 Å². The van der Waals surface area contributed by atoms with Gasteiger partial charge in [-0.05, 0) is 42.9 Å². The topological polar surface area (TPSA) is 29.3 Å². The van der Waals surface area contributed by atoms with Crippen molar-refractivity contribution in [3.63, 3.8) is 0 Å². The fourth-order valence-electron chi connectivity index (χ4n) is 1.92. The summed E-state index contributed by atoms with van der Waals surface area (Å²) in [7, 11) is 4.18. The zero-order chi connectivity index (χ0) is 11.5. The highest BCUT2D eigenvalue weighted by Crippen LogP contribution is 2.26. The summed E-state index contributed by atoms with van der Waals surface area (Å²) in [5.74, 6) is 0. The Bertz CT molecular complexity index is 462. The Kier molecular flexibility index (Phi) is 3.59. The van der Waals surface area contributed by atoms with Crippen molar-refractivity contribution in [3.05, 3.63) is 35.2 Å². The number of hydrogen-bond donors (Lipinski definition) is 1. The zero-order valence-corrected chi connectivity index (χ0v) is 10.6. The molecule has 0 aliphatic heterocycles. The van der Waals surface area contributed by atoms with Crippen molar-refractivity contribution in [2.45, 2.75) is 12.5 Å². The van der Waals surface area contributed by atoms with Gasteiger partial charge in [-0.25, -0.2) is 0 Å². The van der Waals surface area contributed by atoms with Gasteiger partial charge in [0.15, 0.2) is 0 Å². The first-order valence-corrected chi connectivity index (χ1v) is 6.42. The maximum absolute atomic E-state index is 5.80. The molecule has 2 rings (SSSR count). The first-order chi connectivity index (χ1) is 7.72. The SMILES string of the molecule is CN(C)[C@H](CN)Cc1csc2ccccc12. The van der Waals surface area contributed by atoms with E-state index in [0.29, 0.717) is 12.6 Å². The number of rotatable bonds is 4.